The van der Waals surface area contributed by atoms with Crippen LogP contribution in [0.4, 0.5) is 0 Å². The minimum Gasteiger partial charge on any atom is -0.483 e. The van der Waals surface area contributed by atoms with Gasteiger partial charge in [0.05, 0.1) is 0 Å². The summed E-state index contributed by atoms with van der Waals surface area (Å²) in [6, 6.07) is 0. The van der Waals surface area contributed by atoms with E-state index in [0.717, 1.165) is 0 Å². The molecule has 0 aromatic carbocycles. The quantitative estimate of drug-likeness (QED) is 0.328. The van der Waals surface area contributed by atoms with E-state index in [4.69, 9.17) is 6.23 Å². The van der Waals surface area contributed by atoms with Crippen LogP contribution in [0.5, 0.6) is 0 Å². The Labute approximate surface area is 47.6 Å². The normalized spacial score (nSPS) is 5.50. The molecular weight excluding hydrogens is 67.0 g/mol. The topological polar surface area (TPSA) is 37.3 Å². The summed E-state index contributed by atoms with van der Waals surface area (Å²) in [6.45, 7) is 0.0417. The molecule has 2 nitrogen and oxygen atoms in total. The fourth-order valence-corrected chi connectivity index (χ4v) is 0. The van der Waals surface area contributed by atoms with Gasteiger partial charge in [0, 0.05) is 29.6 Å². The van der Waals surface area contributed by atoms with Crippen molar-refractivity contribution in [2.75, 3.05) is 0 Å². The van der Waals surface area contributed by atoms with Crippen LogP contribution in [-0.2, 0) is 4.79 Å². The summed E-state index contributed by atoms with van der Waals surface area (Å²) in [5, 5.41) is 3.11. The second-order valence-corrected chi connectivity index (χ2v) is 0.0962. The van der Waals surface area contributed by atoms with Crippen LogP contribution >= 0.6 is 0 Å². The van der Waals surface area contributed by atoms with Crippen molar-refractivity contribution < 1.29 is 9.90 Å². The molecular formula is CH2NaO2. The minimum absolute atomic E-state index is 0. The molecule has 0 rings (SSSR count). The first-order valence-electron chi connectivity index (χ1n) is 0.880. The molecule has 0 aliphatic rings. The zero-order valence-corrected chi connectivity index (χ0v) is 4.39. The van der Waals surface area contributed by atoms with E-state index in [1.807, 2.05) is 0 Å². The van der Waals surface area contributed by atoms with Crippen molar-refractivity contribution in [3.63, 3.8) is 0 Å². The molecule has 0 saturated heterocycles. The van der Waals surface area contributed by atoms with E-state index in [1.165, 1.54) is 0 Å². The number of rotatable bonds is 1. The maximum Gasteiger partial charge on any atom is 0.296 e. The maximum atomic E-state index is 8.76. The maximum absolute atomic E-state index is 8.76. The van der Waals surface area contributed by atoms with Crippen molar-refractivity contribution in [1.29, 1.82) is 1.43 Å². The van der Waals surface area contributed by atoms with Crippen molar-refractivity contribution in [2.45, 2.75) is 0 Å². The molecule has 0 aromatic heterocycles. The van der Waals surface area contributed by atoms with Crippen molar-refractivity contribution in [3.05, 3.63) is 0 Å². The van der Waals surface area contributed by atoms with Crippen LogP contribution in [0.1, 0.15) is 0 Å². The second-order valence-electron chi connectivity index (χ2n) is 0.0962. The van der Waals surface area contributed by atoms with E-state index in [0.29, 0.717) is 0 Å². The van der Waals surface area contributed by atoms with E-state index in [-0.39, 0.29) is 36.0 Å². The molecule has 0 unspecified atom stereocenters. The van der Waals surface area contributed by atoms with Gasteiger partial charge in [0.1, 0.15) is 0 Å². The SMILES string of the molecule is [2H]OC=O.[Na]. The first kappa shape index (κ1) is 4.47. The Kier molecular flexibility index (Phi) is 10.9. The zero-order valence-electron chi connectivity index (χ0n) is 3.39. The van der Waals surface area contributed by atoms with Crippen molar-refractivity contribution in [2.24, 2.45) is 0 Å². The van der Waals surface area contributed by atoms with Gasteiger partial charge >= 0.3 is 0 Å². The van der Waals surface area contributed by atoms with Gasteiger partial charge in [-0.05, 0) is 0 Å². The third-order valence-corrected chi connectivity index (χ3v) is 0. The van der Waals surface area contributed by atoms with Gasteiger partial charge in [0.25, 0.3) is 7.90 Å². The van der Waals surface area contributed by atoms with Crippen LogP contribution in [0.2, 0.25) is 0 Å². The van der Waals surface area contributed by atoms with E-state index in [9.17, 15) is 0 Å². The Morgan fingerprint density at radius 2 is 2.50 bits per heavy atom. The van der Waals surface area contributed by atoms with Gasteiger partial charge in [0.2, 0.25) is 0 Å². The summed E-state index contributed by atoms with van der Waals surface area (Å²) in [4.78, 5) is 8.76. The number of hydrogen-bond donors (Lipinski definition) is 1. The Bertz CT molecular complexity index is 23.6. The summed E-state index contributed by atoms with van der Waals surface area (Å²) >= 11 is 0. The van der Waals surface area contributed by atoms with E-state index >= 15 is 0 Å². The largest absolute Gasteiger partial charge is 0.483 e. The van der Waals surface area contributed by atoms with Crippen LogP contribution in [0, 0.1) is 0 Å². The molecule has 1 radical (unpaired) electrons. The van der Waals surface area contributed by atoms with E-state index in [1.54, 1.807) is 0 Å². The smallest absolute Gasteiger partial charge is 0.296 e. The third kappa shape index (κ3) is 24.2. The van der Waals surface area contributed by atoms with Gasteiger partial charge in [-0.1, -0.05) is 0 Å². The summed E-state index contributed by atoms with van der Waals surface area (Å²) in [5.41, 5.74) is 0. The Morgan fingerprint density at radius 3 is 2.50 bits per heavy atom. The Balaban J connectivity index is 0. The first-order valence-corrected chi connectivity index (χ1v) is 0.471. The molecule has 3 heteroatoms. The number of carbonyl (C=O) groups is 1. The van der Waals surface area contributed by atoms with Gasteiger partial charge in [-0.15, -0.1) is 0 Å². The number of carboxylic acid groups (broad SMARTS) is 1. The first-order chi connectivity index (χ1) is 1.91. The predicted molar refractivity (Wildman–Crippen MR) is 14.4 cm³/mol. The van der Waals surface area contributed by atoms with Crippen LogP contribution < -0.4 is 0 Å². The monoisotopic (exact) mass is 70.0 g/mol. The van der Waals surface area contributed by atoms with Gasteiger partial charge in [-0.25, -0.2) is 0 Å². The van der Waals surface area contributed by atoms with Gasteiger partial charge in [-0.2, -0.15) is 0 Å². The molecule has 19 valence electrons. The summed E-state index contributed by atoms with van der Waals surface area (Å²) in [6.07, 6.45) is 0. The van der Waals surface area contributed by atoms with E-state index in [2.05, 4.69) is 5.11 Å². The van der Waals surface area contributed by atoms with Crippen molar-refractivity contribution in [1.82, 2.24) is 0 Å². The predicted octanol–water partition coefficient (Wildman–Crippen LogP) is -0.680. The van der Waals surface area contributed by atoms with Crippen LogP contribution in [-0.4, -0.2) is 41.1 Å². The summed E-state index contributed by atoms with van der Waals surface area (Å²) < 4.78 is 5.58. The van der Waals surface area contributed by atoms with E-state index < -0.39 is 0 Å². The molecule has 0 aromatic rings. The van der Waals surface area contributed by atoms with Crippen molar-refractivity contribution >= 4 is 36.0 Å². The third-order valence-electron chi connectivity index (χ3n) is 0. The molecule has 4 heavy (non-hydrogen) atoms. The van der Waals surface area contributed by atoms with Gasteiger partial charge in [-0.3, -0.25) is 4.79 Å². The molecule has 0 spiro atoms. The molecule has 0 amide bonds. The van der Waals surface area contributed by atoms with Gasteiger partial charge < -0.3 is 5.11 Å². The molecule has 0 atom stereocenters. The van der Waals surface area contributed by atoms with Crippen LogP contribution in [0.25, 0.3) is 1.43 Å². The summed E-state index contributed by atoms with van der Waals surface area (Å²) in [5.74, 6) is 0. The summed E-state index contributed by atoms with van der Waals surface area (Å²) in [7, 11) is 0. The average molecular weight is 70.0 g/mol. The second kappa shape index (κ2) is 9.80. The molecule has 0 aliphatic heterocycles. The Morgan fingerprint density at radius 1 is 2.25 bits per heavy atom. The van der Waals surface area contributed by atoms with Crippen molar-refractivity contribution in [3.8, 4) is 0 Å². The van der Waals surface area contributed by atoms with Crippen LogP contribution in [0.15, 0.2) is 0 Å². The fourth-order valence-electron chi connectivity index (χ4n) is 0. The Hall–Kier alpha value is 0.470. The molecule has 0 fully saturated rings. The molecule has 1 N–H and O–H groups in total. The van der Waals surface area contributed by atoms with Gasteiger partial charge in [0.15, 0.2) is 0 Å². The zero-order chi connectivity index (χ0) is 3.41. The minimum atomic E-state index is 0. The molecule has 0 heterocycles. The molecule has 0 aliphatic carbocycles. The number of hydrogen-bond acceptors (Lipinski definition) is 2. The fraction of sp³-hybridized carbons (Fsp3) is 0. The average Bonchev–Trinajstić information content (AvgIpc) is 1.37. The molecule has 0 saturated carbocycles. The van der Waals surface area contributed by atoms with Crippen LogP contribution in [0.3, 0.4) is 0 Å². The standard InChI is InChI=1S/CH2O2.Na/c2-1-3;/h1H,(H,2,3);/i/hD. The molecule has 0 bridgehead atoms.